The quantitative estimate of drug-likeness (QED) is 0.902. The molecule has 6 heteroatoms. The van der Waals surface area contributed by atoms with Crippen molar-refractivity contribution in [2.45, 2.75) is 25.7 Å². The number of nitrogens with zero attached hydrogens (tertiary/aromatic N) is 1. The smallest absolute Gasteiger partial charge is 0.259 e. The van der Waals surface area contributed by atoms with E-state index in [0.29, 0.717) is 29.9 Å². The summed E-state index contributed by atoms with van der Waals surface area (Å²) in [6.07, 6.45) is 3.10. The number of anilines is 2. The second-order valence-electron chi connectivity index (χ2n) is 6.81. The topological polar surface area (TPSA) is 67.9 Å². The molecule has 2 amide bonds. The van der Waals surface area contributed by atoms with Crippen LogP contribution < -0.4 is 19.7 Å². The Labute approximate surface area is 158 Å². The molecule has 0 atom stereocenters. The molecular weight excluding hydrogens is 344 g/mol. The van der Waals surface area contributed by atoms with Crippen molar-refractivity contribution >= 4 is 23.2 Å². The molecule has 0 aromatic heterocycles. The Bertz CT molecular complexity index is 905. The summed E-state index contributed by atoms with van der Waals surface area (Å²) in [6.45, 7) is 0.785. The van der Waals surface area contributed by atoms with E-state index in [2.05, 4.69) is 5.32 Å². The molecule has 2 aromatic rings. The molecule has 0 saturated carbocycles. The average Bonchev–Trinajstić information content (AvgIpc) is 2.70. The second kappa shape index (κ2) is 6.95. The molecule has 0 bridgehead atoms. The maximum atomic E-state index is 12.8. The Hall–Kier alpha value is -3.02. The summed E-state index contributed by atoms with van der Waals surface area (Å²) in [5.41, 5.74) is 4.51. The van der Waals surface area contributed by atoms with E-state index >= 15 is 0 Å². The van der Waals surface area contributed by atoms with Gasteiger partial charge in [-0.05, 0) is 54.7 Å². The molecule has 2 heterocycles. The van der Waals surface area contributed by atoms with Gasteiger partial charge in [-0.3, -0.25) is 9.59 Å². The number of nitrogens with one attached hydrogen (secondary N) is 1. The second-order valence-corrected chi connectivity index (χ2v) is 6.81. The van der Waals surface area contributed by atoms with Crippen LogP contribution in [0.15, 0.2) is 30.3 Å². The first-order chi connectivity index (χ1) is 13.1. The summed E-state index contributed by atoms with van der Waals surface area (Å²) < 4.78 is 10.5. The van der Waals surface area contributed by atoms with Gasteiger partial charge in [0.05, 0.1) is 25.5 Å². The highest BCUT2D eigenvalue weighted by atomic mass is 16.5. The fraction of sp³-hybridized carbons (Fsp3) is 0.333. The van der Waals surface area contributed by atoms with Crippen LogP contribution >= 0.6 is 0 Å². The molecule has 0 spiro atoms. The predicted octanol–water partition coefficient (Wildman–Crippen LogP) is 3.18. The van der Waals surface area contributed by atoms with Crippen LogP contribution in [0.2, 0.25) is 0 Å². The molecule has 2 aromatic carbocycles. The van der Waals surface area contributed by atoms with Gasteiger partial charge < -0.3 is 19.7 Å². The van der Waals surface area contributed by atoms with Crippen molar-refractivity contribution < 1.29 is 19.1 Å². The monoisotopic (exact) mass is 366 g/mol. The number of rotatable bonds is 4. The molecule has 2 aliphatic heterocycles. The first kappa shape index (κ1) is 17.4. The summed E-state index contributed by atoms with van der Waals surface area (Å²) in [7, 11) is 3.10. The molecule has 0 fully saturated rings. The van der Waals surface area contributed by atoms with Crippen molar-refractivity contribution in [3.05, 3.63) is 47.0 Å². The van der Waals surface area contributed by atoms with Gasteiger partial charge in [0, 0.05) is 24.7 Å². The molecule has 6 nitrogen and oxygen atoms in total. The Balaban J connectivity index is 1.64. The van der Waals surface area contributed by atoms with E-state index in [0.717, 1.165) is 41.9 Å². The van der Waals surface area contributed by atoms with Gasteiger partial charge in [0.2, 0.25) is 5.91 Å². The van der Waals surface area contributed by atoms with Gasteiger partial charge in [-0.15, -0.1) is 0 Å². The standard InChI is InChI=1S/C21H22N2O4/c1-26-16-6-7-17(18(12-16)27-2)21(25)22-15-10-13-4-3-9-23-19(24)8-5-14(11-15)20(13)23/h6-7,10-12H,3-5,8-9H2,1-2H3,(H,22,25). The lowest BCUT2D eigenvalue weighted by atomic mass is 9.91. The Morgan fingerprint density at radius 3 is 2.56 bits per heavy atom. The van der Waals surface area contributed by atoms with Crippen LogP contribution in [0.5, 0.6) is 11.5 Å². The SMILES string of the molecule is COc1ccc(C(=O)Nc2cc3c4c(c2)CCC(=O)N4CCC3)c(OC)c1. The molecule has 1 N–H and O–H groups in total. The highest BCUT2D eigenvalue weighted by molar-refractivity contribution is 6.07. The largest absolute Gasteiger partial charge is 0.497 e. The molecule has 27 heavy (non-hydrogen) atoms. The first-order valence-electron chi connectivity index (χ1n) is 9.10. The molecule has 140 valence electrons. The number of amides is 2. The lowest BCUT2D eigenvalue weighted by Crippen LogP contribution is -2.39. The molecule has 4 rings (SSSR count). The molecule has 0 saturated heterocycles. The summed E-state index contributed by atoms with van der Waals surface area (Å²) in [4.78, 5) is 26.9. The van der Waals surface area contributed by atoms with Crippen molar-refractivity contribution in [1.82, 2.24) is 0 Å². The van der Waals surface area contributed by atoms with Gasteiger partial charge in [0.25, 0.3) is 5.91 Å². The zero-order valence-corrected chi connectivity index (χ0v) is 15.5. The van der Waals surface area contributed by atoms with Crippen molar-refractivity contribution in [1.29, 1.82) is 0 Å². The average molecular weight is 366 g/mol. The predicted molar refractivity (Wildman–Crippen MR) is 103 cm³/mol. The van der Waals surface area contributed by atoms with Crippen LogP contribution in [0.3, 0.4) is 0 Å². The Morgan fingerprint density at radius 1 is 1.04 bits per heavy atom. The van der Waals surface area contributed by atoms with Gasteiger partial charge >= 0.3 is 0 Å². The molecule has 0 aliphatic carbocycles. The van der Waals surface area contributed by atoms with E-state index in [4.69, 9.17) is 9.47 Å². The third kappa shape index (κ3) is 3.12. The van der Waals surface area contributed by atoms with Crippen LogP contribution in [0.4, 0.5) is 11.4 Å². The van der Waals surface area contributed by atoms with Crippen LogP contribution in [0.25, 0.3) is 0 Å². The van der Waals surface area contributed by atoms with Gasteiger partial charge in [-0.2, -0.15) is 0 Å². The Kier molecular flexibility index (Phi) is 4.48. The van der Waals surface area contributed by atoms with E-state index in [1.807, 2.05) is 17.0 Å². The van der Waals surface area contributed by atoms with E-state index in [-0.39, 0.29) is 11.8 Å². The minimum Gasteiger partial charge on any atom is -0.497 e. The van der Waals surface area contributed by atoms with Crippen molar-refractivity contribution in [3.63, 3.8) is 0 Å². The number of carbonyl (C=O) groups is 2. The maximum Gasteiger partial charge on any atom is 0.259 e. The highest BCUT2D eigenvalue weighted by Gasteiger charge is 2.29. The van der Waals surface area contributed by atoms with E-state index in [9.17, 15) is 9.59 Å². The molecular formula is C21H22N2O4. The van der Waals surface area contributed by atoms with E-state index < -0.39 is 0 Å². The third-order valence-electron chi connectivity index (χ3n) is 5.19. The highest BCUT2D eigenvalue weighted by Crippen LogP contribution is 2.38. The summed E-state index contributed by atoms with van der Waals surface area (Å²) in [5, 5.41) is 2.98. The maximum absolute atomic E-state index is 12.8. The minimum absolute atomic E-state index is 0.197. The zero-order valence-electron chi connectivity index (χ0n) is 15.5. The Morgan fingerprint density at radius 2 is 1.81 bits per heavy atom. The number of aryl methyl sites for hydroxylation is 2. The normalized spacial score (nSPS) is 15.2. The van der Waals surface area contributed by atoms with Crippen molar-refractivity contribution in [2.75, 3.05) is 31.0 Å². The summed E-state index contributed by atoms with van der Waals surface area (Å²) in [6, 6.07) is 9.08. The summed E-state index contributed by atoms with van der Waals surface area (Å²) >= 11 is 0. The summed E-state index contributed by atoms with van der Waals surface area (Å²) in [5.74, 6) is 1.05. The van der Waals surface area contributed by atoms with Crippen LogP contribution in [-0.2, 0) is 17.6 Å². The molecule has 0 radical (unpaired) electrons. The zero-order chi connectivity index (χ0) is 19.0. The molecule has 2 aliphatic rings. The van der Waals surface area contributed by atoms with E-state index in [1.165, 1.54) is 7.11 Å². The first-order valence-corrected chi connectivity index (χ1v) is 9.10. The van der Waals surface area contributed by atoms with Gasteiger partial charge in [-0.25, -0.2) is 0 Å². The number of hydrogen-bond donors (Lipinski definition) is 1. The van der Waals surface area contributed by atoms with Crippen molar-refractivity contribution in [3.8, 4) is 11.5 Å². The number of methoxy groups -OCH3 is 2. The van der Waals surface area contributed by atoms with Crippen LogP contribution in [-0.4, -0.2) is 32.6 Å². The lowest BCUT2D eigenvalue weighted by molar-refractivity contribution is -0.119. The van der Waals surface area contributed by atoms with Gasteiger partial charge in [-0.1, -0.05) is 0 Å². The third-order valence-corrected chi connectivity index (χ3v) is 5.19. The van der Waals surface area contributed by atoms with Crippen LogP contribution in [0, 0.1) is 0 Å². The van der Waals surface area contributed by atoms with Gasteiger partial charge in [0.15, 0.2) is 0 Å². The number of ether oxygens (including phenoxy) is 2. The lowest BCUT2D eigenvalue weighted by Gasteiger charge is -2.35. The molecule has 0 unspecified atom stereocenters. The number of carbonyl (C=O) groups excluding carboxylic acids is 2. The number of hydrogen-bond acceptors (Lipinski definition) is 4. The number of benzene rings is 2. The fourth-order valence-electron chi connectivity index (χ4n) is 3.91. The van der Waals surface area contributed by atoms with Crippen molar-refractivity contribution in [2.24, 2.45) is 0 Å². The van der Waals surface area contributed by atoms with Crippen LogP contribution in [0.1, 0.15) is 34.3 Å². The van der Waals surface area contributed by atoms with Gasteiger partial charge in [0.1, 0.15) is 11.5 Å². The fourth-order valence-corrected chi connectivity index (χ4v) is 3.91. The minimum atomic E-state index is -0.235. The van der Waals surface area contributed by atoms with E-state index in [1.54, 1.807) is 25.3 Å².